The van der Waals surface area contributed by atoms with E-state index < -0.39 is 5.82 Å². The first-order valence-electron chi connectivity index (χ1n) is 6.07. The SMILES string of the molecule is CNc1c(F)cccc1C(=O)NC1CCN(C)C1. The average Bonchev–Trinajstić information content (AvgIpc) is 2.74. The number of rotatable bonds is 3. The second kappa shape index (κ2) is 5.35. The smallest absolute Gasteiger partial charge is 0.253 e. The fourth-order valence-corrected chi connectivity index (χ4v) is 2.28. The summed E-state index contributed by atoms with van der Waals surface area (Å²) in [5.74, 6) is -0.632. The first-order chi connectivity index (χ1) is 8.61. The number of carbonyl (C=O) groups excluding carboxylic acids is 1. The minimum Gasteiger partial charge on any atom is -0.385 e. The number of likely N-dealkylation sites (N-methyl/N-ethyl adjacent to an activating group) is 1. The Balaban J connectivity index is 2.11. The molecule has 18 heavy (non-hydrogen) atoms. The molecule has 1 aliphatic heterocycles. The molecular formula is C13H18FN3O. The van der Waals surface area contributed by atoms with E-state index in [0.29, 0.717) is 5.56 Å². The maximum Gasteiger partial charge on any atom is 0.253 e. The molecule has 0 radical (unpaired) electrons. The van der Waals surface area contributed by atoms with Crippen molar-refractivity contribution in [1.82, 2.24) is 10.2 Å². The van der Waals surface area contributed by atoms with E-state index in [9.17, 15) is 9.18 Å². The molecular weight excluding hydrogens is 233 g/mol. The predicted molar refractivity (Wildman–Crippen MR) is 69.3 cm³/mol. The molecule has 98 valence electrons. The summed E-state index contributed by atoms with van der Waals surface area (Å²) in [6.45, 7) is 1.82. The largest absolute Gasteiger partial charge is 0.385 e. The van der Waals surface area contributed by atoms with Crippen LogP contribution in [0.15, 0.2) is 18.2 Å². The van der Waals surface area contributed by atoms with Crippen LogP contribution in [-0.4, -0.2) is 44.0 Å². The Hall–Kier alpha value is -1.62. The number of benzene rings is 1. The number of hydrogen-bond acceptors (Lipinski definition) is 3. The Labute approximate surface area is 106 Å². The third-order valence-corrected chi connectivity index (χ3v) is 3.23. The molecule has 1 unspecified atom stereocenters. The maximum atomic E-state index is 13.5. The van der Waals surface area contributed by atoms with Crippen molar-refractivity contribution in [2.45, 2.75) is 12.5 Å². The van der Waals surface area contributed by atoms with Gasteiger partial charge in [0.25, 0.3) is 5.91 Å². The van der Waals surface area contributed by atoms with Crippen LogP contribution in [0.2, 0.25) is 0 Å². The summed E-state index contributed by atoms with van der Waals surface area (Å²) in [4.78, 5) is 14.3. The number of halogens is 1. The van der Waals surface area contributed by atoms with Gasteiger partial charge in [0.05, 0.1) is 11.3 Å². The van der Waals surface area contributed by atoms with Crippen LogP contribution < -0.4 is 10.6 Å². The van der Waals surface area contributed by atoms with Gasteiger partial charge in [-0.3, -0.25) is 4.79 Å². The van der Waals surface area contributed by atoms with E-state index in [2.05, 4.69) is 15.5 Å². The third-order valence-electron chi connectivity index (χ3n) is 3.23. The van der Waals surface area contributed by atoms with E-state index in [4.69, 9.17) is 0 Å². The van der Waals surface area contributed by atoms with Gasteiger partial charge in [-0.2, -0.15) is 0 Å². The topological polar surface area (TPSA) is 44.4 Å². The standard InChI is InChI=1S/C13H18FN3O/c1-15-12-10(4-3-5-11(12)14)13(18)16-9-6-7-17(2)8-9/h3-5,9,15H,6-8H2,1-2H3,(H,16,18). The Morgan fingerprint density at radius 2 is 2.28 bits per heavy atom. The fourth-order valence-electron chi connectivity index (χ4n) is 2.28. The quantitative estimate of drug-likeness (QED) is 0.851. The van der Waals surface area contributed by atoms with E-state index in [1.165, 1.54) is 6.07 Å². The average molecular weight is 251 g/mol. The Morgan fingerprint density at radius 3 is 2.89 bits per heavy atom. The number of nitrogens with one attached hydrogen (secondary N) is 2. The van der Waals surface area contributed by atoms with Crippen LogP contribution in [0.4, 0.5) is 10.1 Å². The number of carbonyl (C=O) groups is 1. The lowest BCUT2D eigenvalue weighted by Crippen LogP contribution is -2.36. The molecule has 0 saturated carbocycles. The highest BCUT2D eigenvalue weighted by Gasteiger charge is 2.23. The van der Waals surface area contributed by atoms with Gasteiger partial charge in [-0.05, 0) is 32.1 Å². The summed E-state index contributed by atoms with van der Waals surface area (Å²) in [7, 11) is 3.63. The molecule has 4 nitrogen and oxygen atoms in total. The van der Waals surface area contributed by atoms with Crippen LogP contribution in [0, 0.1) is 5.82 Å². The second-order valence-electron chi connectivity index (χ2n) is 4.63. The molecule has 2 N–H and O–H groups in total. The zero-order valence-electron chi connectivity index (χ0n) is 10.7. The molecule has 1 saturated heterocycles. The van der Waals surface area contributed by atoms with Gasteiger partial charge < -0.3 is 15.5 Å². The highest BCUT2D eigenvalue weighted by Crippen LogP contribution is 2.19. The monoisotopic (exact) mass is 251 g/mol. The van der Waals surface area contributed by atoms with E-state index >= 15 is 0 Å². The Morgan fingerprint density at radius 1 is 1.50 bits per heavy atom. The summed E-state index contributed by atoms with van der Waals surface area (Å²) in [5.41, 5.74) is 0.605. The molecule has 0 spiro atoms. The molecule has 1 heterocycles. The molecule has 0 aliphatic carbocycles. The van der Waals surface area contributed by atoms with Crippen molar-refractivity contribution in [3.63, 3.8) is 0 Å². The molecule has 1 aromatic rings. The first kappa shape index (κ1) is 12.8. The third kappa shape index (κ3) is 2.61. The summed E-state index contributed by atoms with van der Waals surface area (Å²) < 4.78 is 13.5. The number of nitrogens with zero attached hydrogens (tertiary/aromatic N) is 1. The zero-order chi connectivity index (χ0) is 13.1. The van der Waals surface area contributed by atoms with Gasteiger partial charge in [0.15, 0.2) is 0 Å². The Kier molecular flexibility index (Phi) is 3.81. The minimum atomic E-state index is -0.409. The first-order valence-corrected chi connectivity index (χ1v) is 6.07. The predicted octanol–water partition coefficient (Wildman–Crippen LogP) is 1.30. The van der Waals surface area contributed by atoms with E-state index in [1.54, 1.807) is 19.2 Å². The molecule has 2 rings (SSSR count). The van der Waals surface area contributed by atoms with E-state index in [0.717, 1.165) is 19.5 Å². The highest BCUT2D eigenvalue weighted by atomic mass is 19.1. The lowest BCUT2D eigenvalue weighted by atomic mass is 10.1. The van der Waals surface area contributed by atoms with Gasteiger partial charge in [-0.15, -0.1) is 0 Å². The molecule has 1 fully saturated rings. The van der Waals surface area contributed by atoms with Crippen molar-refractivity contribution < 1.29 is 9.18 Å². The van der Waals surface area contributed by atoms with Crippen LogP contribution in [0.5, 0.6) is 0 Å². The van der Waals surface area contributed by atoms with Crippen LogP contribution in [0.1, 0.15) is 16.8 Å². The van der Waals surface area contributed by atoms with Crippen LogP contribution >= 0.6 is 0 Å². The summed E-state index contributed by atoms with van der Waals surface area (Å²) in [5, 5.41) is 5.67. The summed E-state index contributed by atoms with van der Waals surface area (Å²) in [6, 6.07) is 4.66. The van der Waals surface area contributed by atoms with Crippen LogP contribution in [-0.2, 0) is 0 Å². The second-order valence-corrected chi connectivity index (χ2v) is 4.63. The van der Waals surface area contributed by atoms with Gasteiger partial charge in [0, 0.05) is 19.6 Å². The molecule has 0 bridgehead atoms. The normalized spacial score (nSPS) is 19.8. The molecule has 1 aliphatic rings. The van der Waals surface area contributed by atoms with Gasteiger partial charge in [0.1, 0.15) is 5.82 Å². The highest BCUT2D eigenvalue weighted by molar-refractivity contribution is 5.99. The van der Waals surface area contributed by atoms with Gasteiger partial charge >= 0.3 is 0 Å². The molecule has 0 aromatic heterocycles. The number of hydrogen-bond donors (Lipinski definition) is 2. The molecule has 1 aromatic carbocycles. The van der Waals surface area contributed by atoms with Gasteiger partial charge in [-0.25, -0.2) is 4.39 Å². The van der Waals surface area contributed by atoms with Gasteiger partial charge in [-0.1, -0.05) is 6.07 Å². The Bertz CT molecular complexity index is 450. The summed E-state index contributed by atoms with van der Waals surface area (Å²) >= 11 is 0. The van der Waals surface area contributed by atoms with Crippen molar-refractivity contribution in [3.8, 4) is 0 Å². The van der Waals surface area contributed by atoms with Crippen molar-refractivity contribution in [3.05, 3.63) is 29.6 Å². The number of likely N-dealkylation sites (tertiary alicyclic amines) is 1. The molecule has 5 heteroatoms. The maximum absolute atomic E-state index is 13.5. The van der Waals surface area contributed by atoms with Crippen LogP contribution in [0.25, 0.3) is 0 Å². The minimum absolute atomic E-state index is 0.149. The van der Waals surface area contributed by atoms with Crippen molar-refractivity contribution in [2.24, 2.45) is 0 Å². The molecule has 1 atom stereocenters. The van der Waals surface area contributed by atoms with Crippen molar-refractivity contribution in [2.75, 3.05) is 32.5 Å². The van der Waals surface area contributed by atoms with Crippen molar-refractivity contribution >= 4 is 11.6 Å². The lowest BCUT2D eigenvalue weighted by molar-refractivity contribution is 0.0939. The van der Waals surface area contributed by atoms with Crippen LogP contribution in [0.3, 0.4) is 0 Å². The fraction of sp³-hybridized carbons (Fsp3) is 0.462. The number of amides is 1. The van der Waals surface area contributed by atoms with E-state index in [-0.39, 0.29) is 17.6 Å². The number of anilines is 1. The van der Waals surface area contributed by atoms with Crippen molar-refractivity contribution in [1.29, 1.82) is 0 Å². The zero-order valence-corrected chi connectivity index (χ0v) is 10.7. The van der Waals surface area contributed by atoms with Gasteiger partial charge in [0.2, 0.25) is 0 Å². The van der Waals surface area contributed by atoms with E-state index in [1.807, 2.05) is 7.05 Å². The number of para-hydroxylation sites is 1. The molecule has 1 amide bonds. The summed E-state index contributed by atoms with van der Waals surface area (Å²) in [6.07, 6.45) is 0.937. The lowest BCUT2D eigenvalue weighted by Gasteiger charge is -2.15.